The average molecular weight is 186 g/mol. The highest BCUT2D eigenvalue weighted by atomic mass is 16.4. The van der Waals surface area contributed by atoms with Crippen molar-refractivity contribution in [3.8, 4) is 0 Å². The fraction of sp³-hybridized carbons (Fsp3) is 0.250. The van der Waals surface area contributed by atoms with Crippen molar-refractivity contribution in [3.63, 3.8) is 0 Å². The van der Waals surface area contributed by atoms with Crippen molar-refractivity contribution in [1.29, 1.82) is 0 Å². The lowest BCUT2D eigenvalue weighted by Gasteiger charge is -1.79. The standard InChI is InChI=1S/C5H4O3.C3H6O2/c6-5(7)4-2-1-3-8-4;1-2-3(4)5/h1-3H,(H,6,7);2H2,1H3,(H,4,5). The topological polar surface area (TPSA) is 87.7 Å². The summed E-state index contributed by atoms with van der Waals surface area (Å²) >= 11 is 0. The number of furan rings is 1. The molecule has 1 aromatic rings. The van der Waals surface area contributed by atoms with E-state index in [0.717, 1.165) is 0 Å². The summed E-state index contributed by atoms with van der Waals surface area (Å²) in [4.78, 5) is 19.3. The van der Waals surface area contributed by atoms with Gasteiger partial charge in [0, 0.05) is 6.42 Å². The van der Waals surface area contributed by atoms with E-state index in [1.54, 1.807) is 6.92 Å². The minimum Gasteiger partial charge on any atom is -0.481 e. The van der Waals surface area contributed by atoms with Gasteiger partial charge >= 0.3 is 11.9 Å². The zero-order valence-electron chi connectivity index (χ0n) is 7.06. The van der Waals surface area contributed by atoms with Crippen molar-refractivity contribution in [2.45, 2.75) is 13.3 Å². The smallest absolute Gasteiger partial charge is 0.371 e. The first kappa shape index (κ1) is 11.2. The molecule has 72 valence electrons. The van der Waals surface area contributed by atoms with Crippen molar-refractivity contribution in [3.05, 3.63) is 24.2 Å². The lowest BCUT2D eigenvalue weighted by atomic mass is 10.5. The minimum absolute atomic E-state index is 0.0231. The van der Waals surface area contributed by atoms with Crippen LogP contribution in [0.5, 0.6) is 0 Å². The highest BCUT2D eigenvalue weighted by Gasteiger charge is 2.01. The first-order valence-electron chi connectivity index (χ1n) is 3.56. The number of aromatic carboxylic acids is 1. The van der Waals surface area contributed by atoms with Crippen LogP contribution in [0, 0.1) is 0 Å². The normalized spacial score (nSPS) is 8.38. The van der Waals surface area contributed by atoms with Gasteiger partial charge in [-0.3, -0.25) is 4.79 Å². The Kier molecular flexibility index (Phi) is 5.02. The van der Waals surface area contributed by atoms with Crippen LogP contribution in [0.4, 0.5) is 0 Å². The Hall–Kier alpha value is -1.78. The Bertz CT molecular complexity index is 262. The van der Waals surface area contributed by atoms with E-state index in [0.29, 0.717) is 0 Å². The molecule has 1 rings (SSSR count). The van der Waals surface area contributed by atoms with Gasteiger partial charge in [0.15, 0.2) is 0 Å². The quantitative estimate of drug-likeness (QED) is 0.729. The molecule has 0 atom stereocenters. The van der Waals surface area contributed by atoms with E-state index < -0.39 is 11.9 Å². The largest absolute Gasteiger partial charge is 0.481 e. The number of rotatable bonds is 2. The molecule has 1 aromatic heterocycles. The lowest BCUT2D eigenvalue weighted by molar-refractivity contribution is -0.136. The zero-order valence-corrected chi connectivity index (χ0v) is 7.06. The molecule has 0 fully saturated rings. The zero-order chi connectivity index (χ0) is 10.3. The Balaban J connectivity index is 0.000000252. The molecule has 0 radical (unpaired) electrons. The summed E-state index contributed by atoms with van der Waals surface area (Å²) in [6.45, 7) is 1.60. The molecule has 2 N–H and O–H groups in total. The van der Waals surface area contributed by atoms with Gasteiger partial charge in [0.2, 0.25) is 5.76 Å². The molecule has 0 aliphatic carbocycles. The van der Waals surface area contributed by atoms with Crippen LogP contribution in [0.25, 0.3) is 0 Å². The number of hydrogen-bond donors (Lipinski definition) is 2. The average Bonchev–Trinajstić information content (AvgIpc) is 2.57. The minimum atomic E-state index is -1.03. The predicted molar refractivity (Wildman–Crippen MR) is 43.6 cm³/mol. The van der Waals surface area contributed by atoms with Crippen LogP contribution in [0.1, 0.15) is 23.9 Å². The van der Waals surface area contributed by atoms with Crippen LogP contribution in [0.2, 0.25) is 0 Å². The summed E-state index contributed by atoms with van der Waals surface area (Å²) < 4.78 is 4.50. The maximum Gasteiger partial charge on any atom is 0.371 e. The molecule has 0 unspecified atom stereocenters. The highest BCUT2D eigenvalue weighted by molar-refractivity contribution is 5.84. The van der Waals surface area contributed by atoms with Crippen molar-refractivity contribution in [2.24, 2.45) is 0 Å². The van der Waals surface area contributed by atoms with Crippen molar-refractivity contribution < 1.29 is 24.2 Å². The maximum absolute atomic E-state index is 9.97. The van der Waals surface area contributed by atoms with Crippen LogP contribution in [0.15, 0.2) is 22.8 Å². The van der Waals surface area contributed by atoms with E-state index in [4.69, 9.17) is 10.2 Å². The summed E-state index contributed by atoms with van der Waals surface area (Å²) in [5.74, 6) is -1.80. The van der Waals surface area contributed by atoms with Gasteiger partial charge in [0.25, 0.3) is 0 Å². The Labute approximate surface area is 74.6 Å². The fourth-order valence-electron chi connectivity index (χ4n) is 0.400. The first-order valence-corrected chi connectivity index (χ1v) is 3.56. The van der Waals surface area contributed by atoms with Gasteiger partial charge in [-0.1, -0.05) is 6.92 Å². The molecule has 0 saturated carbocycles. The number of carboxylic acid groups (broad SMARTS) is 2. The maximum atomic E-state index is 9.97. The molecule has 0 aliphatic rings. The second-order valence-electron chi connectivity index (χ2n) is 2.03. The van der Waals surface area contributed by atoms with Gasteiger partial charge in [-0.25, -0.2) is 4.79 Å². The molecule has 0 bridgehead atoms. The summed E-state index contributed by atoms with van der Waals surface area (Å²) in [7, 11) is 0. The van der Waals surface area contributed by atoms with Crippen LogP contribution in [-0.2, 0) is 4.79 Å². The molecule has 0 saturated heterocycles. The molecule has 0 amide bonds. The molecule has 0 spiro atoms. The lowest BCUT2D eigenvalue weighted by Crippen LogP contribution is -1.90. The summed E-state index contributed by atoms with van der Waals surface area (Å²) in [5, 5.41) is 15.9. The van der Waals surface area contributed by atoms with E-state index in [1.807, 2.05) is 0 Å². The van der Waals surface area contributed by atoms with Gasteiger partial charge in [-0.2, -0.15) is 0 Å². The van der Waals surface area contributed by atoms with E-state index in [-0.39, 0.29) is 12.2 Å². The molecular formula is C8H10O5. The summed E-state index contributed by atoms with van der Waals surface area (Å²) in [5.41, 5.74) is 0. The predicted octanol–water partition coefficient (Wildman–Crippen LogP) is 1.46. The van der Waals surface area contributed by atoms with Gasteiger partial charge in [0.1, 0.15) is 0 Å². The van der Waals surface area contributed by atoms with E-state index in [1.165, 1.54) is 18.4 Å². The van der Waals surface area contributed by atoms with Crippen LogP contribution < -0.4 is 0 Å². The molecule has 5 heteroatoms. The molecule has 5 nitrogen and oxygen atoms in total. The number of carboxylic acids is 2. The van der Waals surface area contributed by atoms with Gasteiger partial charge < -0.3 is 14.6 Å². The Morgan fingerprint density at radius 3 is 2.15 bits per heavy atom. The second-order valence-corrected chi connectivity index (χ2v) is 2.03. The van der Waals surface area contributed by atoms with Gasteiger partial charge in [-0.05, 0) is 12.1 Å². The molecule has 1 heterocycles. The third kappa shape index (κ3) is 5.49. The molecule has 13 heavy (non-hydrogen) atoms. The van der Waals surface area contributed by atoms with Crippen molar-refractivity contribution in [2.75, 3.05) is 0 Å². The molecule has 0 aliphatic heterocycles. The van der Waals surface area contributed by atoms with E-state index in [9.17, 15) is 9.59 Å². The van der Waals surface area contributed by atoms with Crippen LogP contribution >= 0.6 is 0 Å². The van der Waals surface area contributed by atoms with Crippen LogP contribution in [-0.4, -0.2) is 22.2 Å². The molecular weight excluding hydrogens is 176 g/mol. The van der Waals surface area contributed by atoms with E-state index >= 15 is 0 Å². The summed E-state index contributed by atoms with van der Waals surface area (Å²) in [6, 6.07) is 2.92. The fourth-order valence-corrected chi connectivity index (χ4v) is 0.400. The SMILES string of the molecule is CCC(=O)O.O=C(O)c1ccco1. The summed E-state index contributed by atoms with van der Waals surface area (Å²) in [6.07, 6.45) is 1.55. The third-order valence-electron chi connectivity index (χ3n) is 1.03. The van der Waals surface area contributed by atoms with Crippen LogP contribution in [0.3, 0.4) is 0 Å². The monoisotopic (exact) mass is 186 g/mol. The van der Waals surface area contributed by atoms with Gasteiger partial charge in [0.05, 0.1) is 6.26 Å². The second kappa shape index (κ2) is 5.82. The number of hydrogen-bond acceptors (Lipinski definition) is 3. The van der Waals surface area contributed by atoms with E-state index in [2.05, 4.69) is 4.42 Å². The van der Waals surface area contributed by atoms with Crippen molar-refractivity contribution in [1.82, 2.24) is 0 Å². The third-order valence-corrected chi connectivity index (χ3v) is 1.03. The Morgan fingerprint density at radius 1 is 1.46 bits per heavy atom. The highest BCUT2D eigenvalue weighted by Crippen LogP contribution is 1.97. The number of aliphatic carboxylic acids is 1. The van der Waals surface area contributed by atoms with Crippen molar-refractivity contribution >= 4 is 11.9 Å². The molecule has 0 aromatic carbocycles. The first-order chi connectivity index (χ1) is 6.07. The number of carbonyl (C=O) groups is 2. The Morgan fingerprint density at radius 2 is 2.00 bits per heavy atom. The van der Waals surface area contributed by atoms with Gasteiger partial charge in [-0.15, -0.1) is 0 Å².